The Kier molecular flexibility index (Phi) is 3.47. The molecule has 1 N–H and O–H groups in total. The van der Waals surface area contributed by atoms with Crippen molar-refractivity contribution in [3.63, 3.8) is 0 Å². The van der Waals surface area contributed by atoms with Crippen LogP contribution in [0.4, 0.5) is 0 Å². The molecule has 0 atom stereocenters. The molecule has 112 valence electrons. The Morgan fingerprint density at radius 1 is 0.955 bits per heavy atom. The minimum Gasteiger partial charge on any atom is -0.508 e. The van der Waals surface area contributed by atoms with E-state index in [4.69, 9.17) is 13.9 Å². The summed E-state index contributed by atoms with van der Waals surface area (Å²) in [7, 11) is 3.05. The molecule has 0 fully saturated rings. The number of phenolic OH excluding ortho intramolecular Hbond substituents is 1. The van der Waals surface area contributed by atoms with E-state index in [9.17, 15) is 9.90 Å². The molecule has 0 radical (unpaired) electrons. The first-order valence-electron chi connectivity index (χ1n) is 6.61. The summed E-state index contributed by atoms with van der Waals surface area (Å²) in [6.07, 6.45) is 0. The van der Waals surface area contributed by atoms with Gasteiger partial charge in [0.05, 0.1) is 19.6 Å². The fourth-order valence-electron chi connectivity index (χ4n) is 2.28. The predicted octanol–water partition coefficient (Wildman–Crippen LogP) is 3.18. The number of ether oxygens (including phenoxy) is 2. The molecule has 3 aromatic rings. The zero-order chi connectivity index (χ0) is 15.7. The SMILES string of the molecule is COc1cc2cc(-c3ccc(O)cc3)oc(=O)c2cc1OC. The van der Waals surface area contributed by atoms with Gasteiger partial charge in [0.2, 0.25) is 0 Å². The molecule has 22 heavy (non-hydrogen) atoms. The highest BCUT2D eigenvalue weighted by Gasteiger charge is 2.12. The van der Waals surface area contributed by atoms with Gasteiger partial charge >= 0.3 is 5.63 Å². The summed E-state index contributed by atoms with van der Waals surface area (Å²) in [4.78, 5) is 12.2. The smallest absolute Gasteiger partial charge is 0.344 e. The summed E-state index contributed by atoms with van der Waals surface area (Å²) < 4.78 is 15.8. The van der Waals surface area contributed by atoms with E-state index >= 15 is 0 Å². The van der Waals surface area contributed by atoms with E-state index in [1.807, 2.05) is 0 Å². The molecular formula is C17H14O5. The molecule has 1 aromatic heterocycles. The van der Waals surface area contributed by atoms with Crippen LogP contribution >= 0.6 is 0 Å². The number of fused-ring (bicyclic) bond motifs is 1. The van der Waals surface area contributed by atoms with Gasteiger partial charge in [0.1, 0.15) is 11.5 Å². The van der Waals surface area contributed by atoms with Crippen LogP contribution in [0.25, 0.3) is 22.1 Å². The lowest BCUT2D eigenvalue weighted by atomic mass is 10.1. The maximum absolute atomic E-state index is 12.2. The molecule has 0 aliphatic heterocycles. The highest BCUT2D eigenvalue weighted by atomic mass is 16.5. The maximum Gasteiger partial charge on any atom is 0.344 e. The summed E-state index contributed by atoms with van der Waals surface area (Å²) in [6, 6.07) is 11.5. The topological polar surface area (TPSA) is 68.9 Å². The van der Waals surface area contributed by atoms with Crippen LogP contribution < -0.4 is 15.1 Å². The lowest BCUT2D eigenvalue weighted by Crippen LogP contribution is -2.01. The van der Waals surface area contributed by atoms with Crippen molar-refractivity contribution < 1.29 is 19.0 Å². The third-order valence-electron chi connectivity index (χ3n) is 3.42. The van der Waals surface area contributed by atoms with E-state index in [2.05, 4.69) is 0 Å². The Labute approximate surface area is 126 Å². The van der Waals surface area contributed by atoms with Gasteiger partial charge in [-0.25, -0.2) is 4.79 Å². The van der Waals surface area contributed by atoms with Crippen molar-refractivity contribution in [1.29, 1.82) is 0 Å². The molecule has 5 nitrogen and oxygen atoms in total. The average molecular weight is 298 g/mol. The zero-order valence-electron chi connectivity index (χ0n) is 12.1. The van der Waals surface area contributed by atoms with Gasteiger partial charge in [-0.1, -0.05) is 0 Å². The lowest BCUT2D eigenvalue weighted by Gasteiger charge is -2.09. The van der Waals surface area contributed by atoms with Crippen LogP contribution in [-0.4, -0.2) is 19.3 Å². The van der Waals surface area contributed by atoms with Gasteiger partial charge in [0, 0.05) is 5.56 Å². The molecule has 1 heterocycles. The molecule has 0 bridgehead atoms. The minimum atomic E-state index is -0.457. The summed E-state index contributed by atoms with van der Waals surface area (Å²) in [6.45, 7) is 0. The number of hydrogen-bond donors (Lipinski definition) is 1. The van der Waals surface area contributed by atoms with Gasteiger partial charge in [0.25, 0.3) is 0 Å². The molecule has 0 aliphatic rings. The highest BCUT2D eigenvalue weighted by Crippen LogP contribution is 2.32. The zero-order valence-corrected chi connectivity index (χ0v) is 12.1. The maximum atomic E-state index is 12.2. The molecule has 0 saturated heterocycles. The number of methoxy groups -OCH3 is 2. The van der Waals surface area contributed by atoms with Crippen molar-refractivity contribution in [2.24, 2.45) is 0 Å². The summed E-state index contributed by atoms with van der Waals surface area (Å²) in [5.74, 6) is 1.58. The quantitative estimate of drug-likeness (QED) is 0.804. The van der Waals surface area contributed by atoms with Gasteiger partial charge in [-0.15, -0.1) is 0 Å². The Balaban J connectivity index is 2.23. The van der Waals surface area contributed by atoms with E-state index in [1.165, 1.54) is 26.4 Å². The van der Waals surface area contributed by atoms with Crippen LogP contribution in [0.2, 0.25) is 0 Å². The van der Waals surface area contributed by atoms with E-state index in [0.29, 0.717) is 33.6 Å². The van der Waals surface area contributed by atoms with Crippen molar-refractivity contribution in [2.75, 3.05) is 14.2 Å². The first kappa shape index (κ1) is 14.0. The average Bonchev–Trinajstić information content (AvgIpc) is 2.54. The molecule has 5 heteroatoms. The normalized spacial score (nSPS) is 10.6. The van der Waals surface area contributed by atoms with Crippen molar-refractivity contribution >= 4 is 10.8 Å². The van der Waals surface area contributed by atoms with Crippen molar-refractivity contribution in [3.8, 4) is 28.6 Å². The molecule has 0 saturated carbocycles. The molecule has 0 amide bonds. The van der Waals surface area contributed by atoms with E-state index in [0.717, 1.165) is 0 Å². The van der Waals surface area contributed by atoms with Crippen LogP contribution in [-0.2, 0) is 0 Å². The molecule has 2 aromatic carbocycles. The van der Waals surface area contributed by atoms with E-state index in [1.54, 1.807) is 30.3 Å². The standard InChI is InChI=1S/C17H14O5/c1-20-15-8-11-7-14(10-3-5-12(18)6-4-10)22-17(19)13(11)9-16(15)21-2/h3-9,18H,1-2H3. The third kappa shape index (κ3) is 2.37. The fourth-order valence-corrected chi connectivity index (χ4v) is 2.28. The van der Waals surface area contributed by atoms with Gasteiger partial charge in [0.15, 0.2) is 11.5 Å². The van der Waals surface area contributed by atoms with Crippen LogP contribution in [0.3, 0.4) is 0 Å². The molecule has 0 spiro atoms. The van der Waals surface area contributed by atoms with E-state index < -0.39 is 5.63 Å². The Hall–Kier alpha value is -2.95. The Bertz CT molecular complexity index is 878. The number of benzene rings is 2. The minimum absolute atomic E-state index is 0.151. The van der Waals surface area contributed by atoms with Crippen molar-refractivity contribution in [2.45, 2.75) is 0 Å². The van der Waals surface area contributed by atoms with Crippen LogP contribution in [0.1, 0.15) is 0 Å². The predicted molar refractivity (Wildman–Crippen MR) is 82.7 cm³/mol. The Morgan fingerprint density at radius 2 is 1.59 bits per heavy atom. The lowest BCUT2D eigenvalue weighted by molar-refractivity contribution is 0.355. The van der Waals surface area contributed by atoms with Crippen molar-refractivity contribution in [1.82, 2.24) is 0 Å². The van der Waals surface area contributed by atoms with Gasteiger partial charge in [-0.05, 0) is 47.9 Å². The Morgan fingerprint density at radius 3 is 2.23 bits per heavy atom. The highest BCUT2D eigenvalue weighted by molar-refractivity contribution is 5.87. The second-order valence-corrected chi connectivity index (χ2v) is 4.74. The monoisotopic (exact) mass is 298 g/mol. The summed E-state index contributed by atoms with van der Waals surface area (Å²) in [5.41, 5.74) is 0.244. The van der Waals surface area contributed by atoms with Gasteiger partial charge in [-0.2, -0.15) is 0 Å². The molecule has 0 aliphatic carbocycles. The van der Waals surface area contributed by atoms with Gasteiger partial charge < -0.3 is 19.0 Å². The number of aromatic hydroxyl groups is 1. The van der Waals surface area contributed by atoms with Crippen LogP contribution in [0, 0.1) is 0 Å². The second-order valence-electron chi connectivity index (χ2n) is 4.74. The van der Waals surface area contributed by atoms with Gasteiger partial charge in [-0.3, -0.25) is 0 Å². The van der Waals surface area contributed by atoms with Crippen LogP contribution in [0.5, 0.6) is 17.2 Å². The number of hydrogen-bond acceptors (Lipinski definition) is 5. The van der Waals surface area contributed by atoms with Crippen LogP contribution in [0.15, 0.2) is 51.7 Å². The first-order valence-corrected chi connectivity index (χ1v) is 6.61. The summed E-state index contributed by atoms with van der Waals surface area (Å²) in [5, 5.41) is 10.4. The van der Waals surface area contributed by atoms with Crippen molar-refractivity contribution in [3.05, 3.63) is 52.9 Å². The number of phenols is 1. The molecular weight excluding hydrogens is 284 g/mol. The number of rotatable bonds is 3. The first-order chi connectivity index (χ1) is 10.6. The second kappa shape index (κ2) is 5.44. The largest absolute Gasteiger partial charge is 0.508 e. The summed E-state index contributed by atoms with van der Waals surface area (Å²) >= 11 is 0. The fraction of sp³-hybridized carbons (Fsp3) is 0.118. The third-order valence-corrected chi connectivity index (χ3v) is 3.42. The molecule has 0 unspecified atom stereocenters. The molecule has 3 rings (SSSR count). The van der Waals surface area contributed by atoms with E-state index in [-0.39, 0.29) is 5.75 Å².